The van der Waals surface area contributed by atoms with Gasteiger partial charge in [0.05, 0.1) is 24.9 Å². The van der Waals surface area contributed by atoms with Gasteiger partial charge in [0.25, 0.3) is 0 Å². The van der Waals surface area contributed by atoms with Gasteiger partial charge in [0.15, 0.2) is 5.13 Å². The lowest BCUT2D eigenvalue weighted by Gasteiger charge is -2.32. The normalized spacial score (nSPS) is 19.7. The van der Waals surface area contributed by atoms with E-state index in [9.17, 15) is 4.39 Å². The van der Waals surface area contributed by atoms with Crippen molar-refractivity contribution in [1.29, 1.82) is 0 Å². The van der Waals surface area contributed by atoms with E-state index < -0.39 is 0 Å². The minimum Gasteiger partial charge on any atom is -0.377 e. The highest BCUT2D eigenvalue weighted by molar-refractivity contribution is 7.14. The number of morpholine rings is 1. The summed E-state index contributed by atoms with van der Waals surface area (Å²) in [5.41, 5.74) is 1.85. The van der Waals surface area contributed by atoms with Gasteiger partial charge in [-0.15, -0.1) is 11.3 Å². The number of thiazole rings is 1. The standard InChI is InChI=1S/C14H15FN2OS/c1-10-8-18-7-6-17(10)14-16-13(9-19-14)11-2-4-12(15)5-3-11/h2-5,9-10H,6-8H2,1H3. The van der Waals surface area contributed by atoms with Gasteiger partial charge in [0.1, 0.15) is 5.82 Å². The van der Waals surface area contributed by atoms with Crippen molar-refractivity contribution in [2.24, 2.45) is 0 Å². The fraction of sp³-hybridized carbons (Fsp3) is 0.357. The van der Waals surface area contributed by atoms with E-state index in [0.717, 1.165) is 36.1 Å². The first-order chi connectivity index (χ1) is 9.24. The number of ether oxygens (including phenoxy) is 1. The van der Waals surface area contributed by atoms with Crippen LogP contribution in [0.2, 0.25) is 0 Å². The third-order valence-electron chi connectivity index (χ3n) is 3.25. The summed E-state index contributed by atoms with van der Waals surface area (Å²) in [6.07, 6.45) is 0. The number of anilines is 1. The van der Waals surface area contributed by atoms with Gasteiger partial charge in [-0.05, 0) is 31.2 Å². The molecule has 3 nitrogen and oxygen atoms in total. The van der Waals surface area contributed by atoms with Gasteiger partial charge in [-0.25, -0.2) is 9.37 Å². The Morgan fingerprint density at radius 3 is 2.89 bits per heavy atom. The molecule has 100 valence electrons. The molecule has 1 aromatic heterocycles. The number of halogens is 1. The van der Waals surface area contributed by atoms with Gasteiger partial charge in [-0.1, -0.05) is 0 Å². The Labute approximate surface area is 115 Å². The van der Waals surface area contributed by atoms with Crippen LogP contribution in [0, 0.1) is 5.82 Å². The summed E-state index contributed by atoms with van der Waals surface area (Å²) in [6, 6.07) is 6.80. The summed E-state index contributed by atoms with van der Waals surface area (Å²) in [5, 5.41) is 3.03. The number of hydrogen-bond acceptors (Lipinski definition) is 4. The van der Waals surface area contributed by atoms with Crippen LogP contribution in [0.5, 0.6) is 0 Å². The van der Waals surface area contributed by atoms with Crippen LogP contribution in [-0.2, 0) is 4.74 Å². The van der Waals surface area contributed by atoms with Crippen molar-refractivity contribution in [3.05, 3.63) is 35.5 Å². The molecule has 2 aromatic rings. The first kappa shape index (κ1) is 12.6. The van der Waals surface area contributed by atoms with E-state index >= 15 is 0 Å². The Hall–Kier alpha value is -1.46. The highest BCUT2D eigenvalue weighted by Gasteiger charge is 2.21. The number of hydrogen-bond donors (Lipinski definition) is 0. The van der Waals surface area contributed by atoms with Crippen molar-refractivity contribution in [2.75, 3.05) is 24.7 Å². The fourth-order valence-electron chi connectivity index (χ4n) is 2.16. The van der Waals surface area contributed by atoms with E-state index in [2.05, 4.69) is 16.8 Å². The van der Waals surface area contributed by atoms with Crippen molar-refractivity contribution >= 4 is 16.5 Å². The van der Waals surface area contributed by atoms with E-state index in [-0.39, 0.29) is 5.82 Å². The zero-order valence-electron chi connectivity index (χ0n) is 10.7. The van der Waals surface area contributed by atoms with Crippen LogP contribution < -0.4 is 4.90 Å². The number of rotatable bonds is 2. The molecule has 1 aromatic carbocycles. The smallest absolute Gasteiger partial charge is 0.186 e. The molecular weight excluding hydrogens is 263 g/mol. The summed E-state index contributed by atoms with van der Waals surface area (Å²) in [7, 11) is 0. The molecule has 1 unspecified atom stereocenters. The summed E-state index contributed by atoms with van der Waals surface area (Å²) in [6.45, 7) is 4.50. The summed E-state index contributed by atoms with van der Waals surface area (Å²) in [5.74, 6) is -0.221. The van der Waals surface area contributed by atoms with Crippen LogP contribution in [0.4, 0.5) is 9.52 Å². The molecule has 1 atom stereocenters. The van der Waals surface area contributed by atoms with Gasteiger partial charge in [-0.3, -0.25) is 0 Å². The molecule has 5 heteroatoms. The summed E-state index contributed by atoms with van der Waals surface area (Å²) >= 11 is 1.62. The second-order valence-corrected chi connectivity index (χ2v) is 5.48. The Morgan fingerprint density at radius 2 is 2.16 bits per heavy atom. The van der Waals surface area contributed by atoms with Crippen LogP contribution in [0.1, 0.15) is 6.92 Å². The zero-order valence-corrected chi connectivity index (χ0v) is 11.5. The van der Waals surface area contributed by atoms with Crippen LogP contribution >= 0.6 is 11.3 Å². The summed E-state index contributed by atoms with van der Waals surface area (Å²) < 4.78 is 18.3. The van der Waals surface area contributed by atoms with Crippen LogP contribution in [0.15, 0.2) is 29.6 Å². The van der Waals surface area contributed by atoms with Crippen LogP contribution in [-0.4, -0.2) is 30.8 Å². The molecule has 1 fully saturated rings. The number of aromatic nitrogens is 1. The maximum Gasteiger partial charge on any atom is 0.186 e. The molecule has 2 heterocycles. The van der Waals surface area contributed by atoms with Crippen molar-refractivity contribution in [3.8, 4) is 11.3 Å². The van der Waals surface area contributed by atoms with Gasteiger partial charge in [-0.2, -0.15) is 0 Å². The molecule has 19 heavy (non-hydrogen) atoms. The Morgan fingerprint density at radius 1 is 1.37 bits per heavy atom. The molecule has 1 aliphatic rings. The highest BCUT2D eigenvalue weighted by atomic mass is 32.1. The first-order valence-corrected chi connectivity index (χ1v) is 7.18. The quantitative estimate of drug-likeness (QED) is 0.843. The van der Waals surface area contributed by atoms with Crippen LogP contribution in [0.3, 0.4) is 0 Å². The van der Waals surface area contributed by atoms with E-state index in [0.29, 0.717) is 6.04 Å². The van der Waals surface area contributed by atoms with Crippen molar-refractivity contribution in [1.82, 2.24) is 4.98 Å². The van der Waals surface area contributed by atoms with E-state index in [1.807, 2.05) is 5.38 Å². The number of benzene rings is 1. The molecule has 1 saturated heterocycles. The predicted octanol–water partition coefficient (Wildman–Crippen LogP) is 3.17. The molecule has 1 aliphatic heterocycles. The molecule has 3 rings (SSSR count). The molecule has 0 spiro atoms. The van der Waals surface area contributed by atoms with Gasteiger partial charge in [0.2, 0.25) is 0 Å². The van der Waals surface area contributed by atoms with Gasteiger partial charge in [0, 0.05) is 17.5 Å². The maximum absolute atomic E-state index is 12.9. The minimum absolute atomic E-state index is 0.221. The molecule has 0 amide bonds. The molecule has 0 radical (unpaired) electrons. The second kappa shape index (κ2) is 5.27. The van der Waals surface area contributed by atoms with Crippen molar-refractivity contribution in [3.63, 3.8) is 0 Å². The SMILES string of the molecule is CC1COCCN1c1nc(-c2ccc(F)cc2)cs1. The average Bonchev–Trinajstić information content (AvgIpc) is 2.89. The largest absolute Gasteiger partial charge is 0.377 e. The number of nitrogens with zero attached hydrogens (tertiary/aromatic N) is 2. The van der Waals surface area contributed by atoms with E-state index in [1.54, 1.807) is 23.5 Å². The molecule has 0 aliphatic carbocycles. The molecule has 0 bridgehead atoms. The zero-order chi connectivity index (χ0) is 13.2. The molecular formula is C14H15FN2OS. The van der Waals surface area contributed by atoms with Crippen molar-refractivity contribution in [2.45, 2.75) is 13.0 Å². The Balaban J connectivity index is 1.84. The first-order valence-electron chi connectivity index (χ1n) is 6.30. The third-order valence-corrected chi connectivity index (χ3v) is 4.12. The third kappa shape index (κ3) is 2.62. The molecule has 0 N–H and O–H groups in total. The summed E-state index contributed by atoms with van der Waals surface area (Å²) in [4.78, 5) is 6.92. The average molecular weight is 278 g/mol. The van der Waals surface area contributed by atoms with Gasteiger partial charge >= 0.3 is 0 Å². The lowest BCUT2D eigenvalue weighted by atomic mass is 10.2. The topological polar surface area (TPSA) is 25.4 Å². The monoisotopic (exact) mass is 278 g/mol. The fourth-order valence-corrected chi connectivity index (χ4v) is 3.12. The second-order valence-electron chi connectivity index (χ2n) is 4.64. The Kier molecular flexibility index (Phi) is 3.48. The molecule has 0 saturated carbocycles. The van der Waals surface area contributed by atoms with E-state index in [1.165, 1.54) is 12.1 Å². The predicted molar refractivity (Wildman–Crippen MR) is 75.1 cm³/mol. The lowest BCUT2D eigenvalue weighted by Crippen LogP contribution is -2.43. The van der Waals surface area contributed by atoms with Crippen molar-refractivity contribution < 1.29 is 9.13 Å². The van der Waals surface area contributed by atoms with Crippen LogP contribution in [0.25, 0.3) is 11.3 Å². The van der Waals surface area contributed by atoms with E-state index in [4.69, 9.17) is 4.74 Å². The minimum atomic E-state index is -0.221. The Bertz CT molecular complexity index is 555. The highest BCUT2D eigenvalue weighted by Crippen LogP contribution is 2.29. The maximum atomic E-state index is 12.9. The van der Waals surface area contributed by atoms with Gasteiger partial charge < -0.3 is 9.64 Å². The lowest BCUT2D eigenvalue weighted by molar-refractivity contribution is 0.0989.